The molecule has 1 atom stereocenters. The van der Waals surface area contributed by atoms with Crippen molar-refractivity contribution in [3.63, 3.8) is 0 Å². The van der Waals surface area contributed by atoms with E-state index in [1.165, 1.54) is 10.7 Å². The van der Waals surface area contributed by atoms with Crippen molar-refractivity contribution in [1.82, 2.24) is 34.5 Å². The molecule has 0 saturated carbocycles. The largest absolute Gasteiger partial charge is 0.389 e. The van der Waals surface area contributed by atoms with E-state index >= 15 is 0 Å². The molecule has 0 aliphatic heterocycles. The van der Waals surface area contributed by atoms with Gasteiger partial charge in [-0.05, 0) is 56.3 Å². The summed E-state index contributed by atoms with van der Waals surface area (Å²) in [4.78, 5) is 9.28. The Morgan fingerprint density at radius 1 is 1.13 bits per heavy atom. The Balaban J connectivity index is 1.54. The van der Waals surface area contributed by atoms with Crippen molar-refractivity contribution >= 4 is 22.5 Å². The standard InChI is InChI=1S/C27H26F2N8O/c1-5-12-27(28,29)23-14-22(36(4)35-23)26-19(17(3)38)8-11-25(32-26)37-15-30-20-13-18(7-9-21(20)37)31-24-10-6-16(2)33-34-24/h5-11,13-15,17,38H,1,12H2,2-4H3,(H,31,34). The molecular weight excluding hydrogens is 490 g/mol. The highest BCUT2D eigenvalue weighted by molar-refractivity contribution is 5.82. The number of aliphatic hydroxyl groups excluding tert-OH is 1. The van der Waals surface area contributed by atoms with Crippen LogP contribution in [0.5, 0.6) is 0 Å². The van der Waals surface area contributed by atoms with Crippen LogP contribution in [-0.2, 0) is 13.0 Å². The minimum atomic E-state index is -3.17. The van der Waals surface area contributed by atoms with Crippen molar-refractivity contribution in [2.75, 3.05) is 5.32 Å². The number of fused-ring (bicyclic) bond motifs is 1. The zero-order valence-electron chi connectivity index (χ0n) is 21.1. The second kappa shape index (κ2) is 9.75. The predicted octanol–water partition coefficient (Wildman–Crippen LogP) is 5.38. The van der Waals surface area contributed by atoms with Crippen molar-refractivity contribution in [1.29, 1.82) is 0 Å². The number of hydrogen-bond donors (Lipinski definition) is 2. The summed E-state index contributed by atoms with van der Waals surface area (Å²) in [5, 5.41) is 25.8. The van der Waals surface area contributed by atoms with Gasteiger partial charge in [0.25, 0.3) is 5.92 Å². The van der Waals surface area contributed by atoms with Gasteiger partial charge in [-0.15, -0.1) is 11.7 Å². The highest BCUT2D eigenvalue weighted by Crippen LogP contribution is 2.35. The maximum absolute atomic E-state index is 14.5. The highest BCUT2D eigenvalue weighted by atomic mass is 19.3. The van der Waals surface area contributed by atoms with Gasteiger partial charge in [0.1, 0.15) is 17.8 Å². The van der Waals surface area contributed by atoms with Gasteiger partial charge in [0.05, 0.1) is 34.2 Å². The van der Waals surface area contributed by atoms with E-state index in [1.54, 1.807) is 37.0 Å². The maximum atomic E-state index is 14.5. The first-order chi connectivity index (χ1) is 18.2. The second-order valence-electron chi connectivity index (χ2n) is 9.02. The molecular formula is C27H26F2N8O. The molecule has 4 heterocycles. The van der Waals surface area contributed by atoms with Gasteiger partial charge < -0.3 is 10.4 Å². The van der Waals surface area contributed by atoms with Crippen molar-refractivity contribution in [2.24, 2.45) is 7.05 Å². The fourth-order valence-corrected chi connectivity index (χ4v) is 4.18. The molecule has 1 unspecified atom stereocenters. The number of aliphatic hydroxyl groups is 1. The van der Waals surface area contributed by atoms with E-state index in [0.717, 1.165) is 23.0 Å². The summed E-state index contributed by atoms with van der Waals surface area (Å²) in [5.41, 5.74) is 3.94. The van der Waals surface area contributed by atoms with Gasteiger partial charge in [-0.25, -0.2) is 9.97 Å². The molecule has 0 amide bonds. The quantitative estimate of drug-likeness (QED) is 0.267. The third-order valence-corrected chi connectivity index (χ3v) is 6.12. The molecule has 38 heavy (non-hydrogen) atoms. The molecule has 5 rings (SSSR count). The van der Waals surface area contributed by atoms with Crippen molar-refractivity contribution in [2.45, 2.75) is 32.3 Å². The van der Waals surface area contributed by atoms with Gasteiger partial charge in [-0.1, -0.05) is 12.1 Å². The smallest absolute Gasteiger partial charge is 0.294 e. The number of imidazole rings is 1. The molecule has 0 fully saturated rings. The SMILES string of the molecule is C=CCC(F)(F)c1cc(-c2nc(-n3cnc4cc(Nc5ccc(C)nn5)ccc43)ccc2C(C)O)n(C)n1. The van der Waals surface area contributed by atoms with Gasteiger partial charge in [0.2, 0.25) is 0 Å². The first kappa shape index (κ1) is 25.2. The molecule has 1 aromatic carbocycles. The average Bonchev–Trinajstić information content (AvgIpc) is 3.49. The number of nitrogens with one attached hydrogen (secondary N) is 1. The lowest BCUT2D eigenvalue weighted by Crippen LogP contribution is -2.13. The maximum Gasteiger partial charge on any atom is 0.294 e. The minimum absolute atomic E-state index is 0.353. The van der Waals surface area contributed by atoms with Crippen LogP contribution in [0.1, 0.15) is 36.4 Å². The Hall–Kier alpha value is -4.51. The molecule has 0 radical (unpaired) electrons. The zero-order valence-corrected chi connectivity index (χ0v) is 21.1. The Bertz CT molecular complexity index is 1620. The van der Waals surface area contributed by atoms with E-state index in [2.05, 4.69) is 32.2 Å². The summed E-state index contributed by atoms with van der Waals surface area (Å²) in [5.74, 6) is -2.04. The molecule has 0 bridgehead atoms. The highest BCUT2D eigenvalue weighted by Gasteiger charge is 2.34. The Morgan fingerprint density at radius 2 is 1.95 bits per heavy atom. The molecule has 11 heteroatoms. The molecule has 194 valence electrons. The average molecular weight is 517 g/mol. The first-order valence-corrected chi connectivity index (χ1v) is 11.9. The summed E-state index contributed by atoms with van der Waals surface area (Å²) in [6, 6.07) is 14.2. The van der Waals surface area contributed by atoms with E-state index in [0.29, 0.717) is 34.1 Å². The van der Waals surface area contributed by atoms with Crippen molar-refractivity contribution in [3.05, 3.63) is 84.5 Å². The van der Waals surface area contributed by atoms with Gasteiger partial charge in [0.15, 0.2) is 5.82 Å². The van der Waals surface area contributed by atoms with Gasteiger partial charge >= 0.3 is 0 Å². The van der Waals surface area contributed by atoms with E-state index in [4.69, 9.17) is 4.98 Å². The van der Waals surface area contributed by atoms with Crippen LogP contribution in [0.15, 0.2) is 67.5 Å². The Kier molecular flexibility index (Phi) is 6.45. The lowest BCUT2D eigenvalue weighted by atomic mass is 10.0. The van der Waals surface area contributed by atoms with Crippen LogP contribution in [0.3, 0.4) is 0 Å². The normalized spacial score (nSPS) is 12.6. The monoisotopic (exact) mass is 516 g/mol. The number of allylic oxidation sites excluding steroid dienone is 1. The number of benzene rings is 1. The summed E-state index contributed by atoms with van der Waals surface area (Å²) in [6.07, 6.45) is 1.39. The van der Waals surface area contributed by atoms with Crippen LogP contribution >= 0.6 is 0 Å². The third-order valence-electron chi connectivity index (χ3n) is 6.12. The number of rotatable bonds is 8. The van der Waals surface area contributed by atoms with Crippen LogP contribution in [0, 0.1) is 6.92 Å². The predicted molar refractivity (Wildman–Crippen MR) is 140 cm³/mol. The fraction of sp³-hybridized carbons (Fsp3) is 0.222. The summed E-state index contributed by atoms with van der Waals surface area (Å²) in [7, 11) is 1.57. The van der Waals surface area contributed by atoms with Crippen LogP contribution in [-0.4, -0.2) is 39.6 Å². The van der Waals surface area contributed by atoms with Gasteiger partial charge in [-0.3, -0.25) is 9.25 Å². The minimum Gasteiger partial charge on any atom is -0.389 e. The number of aromatic nitrogens is 7. The number of hydrogen-bond acceptors (Lipinski definition) is 7. The fourth-order valence-electron chi connectivity index (χ4n) is 4.18. The Labute approximate surface area is 217 Å². The van der Waals surface area contributed by atoms with Gasteiger partial charge in [-0.2, -0.15) is 19.0 Å². The van der Waals surface area contributed by atoms with Crippen LogP contribution in [0.4, 0.5) is 20.3 Å². The summed E-state index contributed by atoms with van der Waals surface area (Å²) in [6.45, 7) is 6.88. The molecule has 9 nitrogen and oxygen atoms in total. The van der Waals surface area contributed by atoms with Gasteiger partial charge in [0, 0.05) is 24.7 Å². The van der Waals surface area contributed by atoms with Crippen LogP contribution < -0.4 is 5.32 Å². The summed E-state index contributed by atoms with van der Waals surface area (Å²) < 4.78 is 32.2. The second-order valence-corrected chi connectivity index (χ2v) is 9.02. The van der Waals surface area contributed by atoms with Crippen LogP contribution in [0.25, 0.3) is 28.2 Å². The lowest BCUT2D eigenvalue weighted by molar-refractivity contribution is -0.00591. The van der Waals surface area contributed by atoms with Crippen LogP contribution in [0.2, 0.25) is 0 Å². The van der Waals surface area contributed by atoms with E-state index in [9.17, 15) is 13.9 Å². The number of aryl methyl sites for hydroxylation is 2. The topological polar surface area (TPSA) is 107 Å². The molecule has 2 N–H and O–H groups in total. The summed E-state index contributed by atoms with van der Waals surface area (Å²) >= 11 is 0. The molecule has 0 saturated heterocycles. The van der Waals surface area contributed by atoms with E-state index in [1.807, 2.05) is 37.3 Å². The van der Waals surface area contributed by atoms with E-state index < -0.39 is 18.4 Å². The molecule has 0 aliphatic rings. The number of nitrogens with zero attached hydrogens (tertiary/aromatic N) is 7. The number of halogens is 2. The Morgan fingerprint density at radius 3 is 2.66 bits per heavy atom. The molecule has 0 spiro atoms. The third kappa shape index (κ3) is 4.75. The van der Waals surface area contributed by atoms with Crippen molar-refractivity contribution < 1.29 is 13.9 Å². The lowest BCUT2D eigenvalue weighted by Gasteiger charge is -2.14. The number of pyridine rings is 1. The van der Waals surface area contributed by atoms with Crippen molar-refractivity contribution in [3.8, 4) is 17.2 Å². The van der Waals surface area contributed by atoms with E-state index in [-0.39, 0.29) is 5.69 Å². The zero-order chi connectivity index (χ0) is 27.0. The molecule has 5 aromatic rings. The molecule has 0 aliphatic carbocycles. The first-order valence-electron chi connectivity index (χ1n) is 11.9. The molecule has 4 aromatic heterocycles. The number of anilines is 2. The number of alkyl halides is 2.